The molecule has 3 saturated heterocycles. The Bertz CT molecular complexity index is 379. The molecule has 3 fully saturated rings. The van der Waals surface area contributed by atoms with E-state index in [-0.39, 0.29) is 24.0 Å². The van der Waals surface area contributed by atoms with Crippen molar-refractivity contribution in [3.63, 3.8) is 0 Å². The first-order valence-corrected chi connectivity index (χ1v) is 7.95. The lowest BCUT2D eigenvalue weighted by atomic mass is 10.0. The molecule has 0 aromatic carbocycles. The molecule has 0 radical (unpaired) electrons. The van der Waals surface area contributed by atoms with E-state index in [1.165, 1.54) is 6.42 Å². The standard InChI is InChI=1S/C15H24N2O3/c18-14-7-9-16(11-12-5-2-4-10-20-12)15(19)13-6-1-3-8-17(13)14/h12-13H,1-11H2. The van der Waals surface area contributed by atoms with Crippen molar-refractivity contribution >= 4 is 11.8 Å². The summed E-state index contributed by atoms with van der Waals surface area (Å²) < 4.78 is 5.74. The quantitative estimate of drug-likeness (QED) is 0.763. The van der Waals surface area contributed by atoms with Gasteiger partial charge in [0.2, 0.25) is 11.8 Å². The predicted molar refractivity (Wildman–Crippen MR) is 74.1 cm³/mol. The number of piperidine rings is 1. The van der Waals surface area contributed by atoms with Crippen LogP contribution in [0.4, 0.5) is 0 Å². The highest BCUT2D eigenvalue weighted by Gasteiger charge is 2.38. The summed E-state index contributed by atoms with van der Waals surface area (Å²) in [6, 6.07) is -0.206. The first kappa shape index (κ1) is 13.9. The molecule has 2 atom stereocenters. The highest BCUT2D eigenvalue weighted by Crippen LogP contribution is 2.24. The second-order valence-electron chi connectivity index (χ2n) is 6.12. The summed E-state index contributed by atoms with van der Waals surface area (Å²) in [7, 11) is 0. The third kappa shape index (κ3) is 2.82. The largest absolute Gasteiger partial charge is 0.376 e. The Morgan fingerprint density at radius 2 is 1.90 bits per heavy atom. The van der Waals surface area contributed by atoms with Gasteiger partial charge in [-0.15, -0.1) is 0 Å². The van der Waals surface area contributed by atoms with Gasteiger partial charge in [0.25, 0.3) is 0 Å². The van der Waals surface area contributed by atoms with Gasteiger partial charge in [-0.1, -0.05) is 0 Å². The molecule has 3 rings (SSSR count). The molecular weight excluding hydrogens is 256 g/mol. The minimum absolute atomic E-state index is 0.143. The Labute approximate surface area is 120 Å². The van der Waals surface area contributed by atoms with E-state index >= 15 is 0 Å². The Kier molecular flexibility index (Phi) is 4.24. The van der Waals surface area contributed by atoms with Crippen molar-refractivity contribution in [1.82, 2.24) is 9.80 Å². The maximum absolute atomic E-state index is 12.7. The van der Waals surface area contributed by atoms with Crippen LogP contribution in [0.5, 0.6) is 0 Å². The fraction of sp³-hybridized carbons (Fsp3) is 0.867. The zero-order chi connectivity index (χ0) is 13.9. The van der Waals surface area contributed by atoms with E-state index in [0.29, 0.717) is 19.5 Å². The molecule has 0 bridgehead atoms. The summed E-state index contributed by atoms with van der Waals surface area (Å²) in [6.45, 7) is 2.78. The van der Waals surface area contributed by atoms with Crippen LogP contribution in [0.3, 0.4) is 0 Å². The van der Waals surface area contributed by atoms with E-state index in [4.69, 9.17) is 4.74 Å². The molecule has 2 amide bonds. The summed E-state index contributed by atoms with van der Waals surface area (Å²) in [6.07, 6.45) is 6.88. The average Bonchev–Trinajstić information content (AvgIpc) is 2.61. The van der Waals surface area contributed by atoms with E-state index in [0.717, 1.165) is 45.3 Å². The average molecular weight is 280 g/mol. The number of carbonyl (C=O) groups is 2. The molecule has 0 saturated carbocycles. The highest BCUT2D eigenvalue weighted by atomic mass is 16.5. The Balaban J connectivity index is 1.68. The van der Waals surface area contributed by atoms with Crippen LogP contribution in [0.15, 0.2) is 0 Å². The minimum atomic E-state index is -0.206. The van der Waals surface area contributed by atoms with Crippen LogP contribution >= 0.6 is 0 Å². The van der Waals surface area contributed by atoms with Gasteiger partial charge in [0, 0.05) is 32.7 Å². The van der Waals surface area contributed by atoms with Crippen molar-refractivity contribution in [2.24, 2.45) is 0 Å². The lowest BCUT2D eigenvalue weighted by molar-refractivity contribution is -0.144. The lowest BCUT2D eigenvalue weighted by Crippen LogP contribution is -2.51. The number of nitrogens with zero attached hydrogens (tertiary/aromatic N) is 2. The SMILES string of the molecule is O=C1C2CCCCN2C(=O)CCN1CC1CCCCO1. The van der Waals surface area contributed by atoms with Crippen molar-refractivity contribution in [3.05, 3.63) is 0 Å². The summed E-state index contributed by atoms with van der Waals surface area (Å²) in [5.41, 5.74) is 0. The lowest BCUT2D eigenvalue weighted by Gasteiger charge is -2.35. The number of ether oxygens (including phenoxy) is 1. The predicted octanol–water partition coefficient (Wildman–Crippen LogP) is 1.17. The van der Waals surface area contributed by atoms with E-state index in [2.05, 4.69) is 0 Å². The maximum Gasteiger partial charge on any atom is 0.245 e. The van der Waals surface area contributed by atoms with Gasteiger partial charge in [-0.2, -0.15) is 0 Å². The van der Waals surface area contributed by atoms with E-state index in [1.54, 1.807) is 0 Å². The van der Waals surface area contributed by atoms with Gasteiger partial charge in [0.15, 0.2) is 0 Å². The number of fused-ring (bicyclic) bond motifs is 1. The van der Waals surface area contributed by atoms with Gasteiger partial charge in [0.05, 0.1) is 6.10 Å². The third-order valence-electron chi connectivity index (χ3n) is 4.71. The topological polar surface area (TPSA) is 49.9 Å². The van der Waals surface area contributed by atoms with E-state index < -0.39 is 0 Å². The van der Waals surface area contributed by atoms with Crippen LogP contribution in [0.1, 0.15) is 44.9 Å². The summed E-state index contributed by atoms with van der Waals surface area (Å²) >= 11 is 0. The zero-order valence-electron chi connectivity index (χ0n) is 12.1. The van der Waals surface area contributed by atoms with Gasteiger partial charge in [-0.25, -0.2) is 0 Å². The first-order valence-electron chi connectivity index (χ1n) is 7.95. The number of hydrogen-bond acceptors (Lipinski definition) is 3. The molecule has 0 aromatic rings. The van der Waals surface area contributed by atoms with E-state index in [1.807, 2.05) is 9.80 Å². The number of rotatable bonds is 2. The molecule has 0 spiro atoms. The summed E-state index contributed by atoms with van der Waals surface area (Å²) in [5.74, 6) is 0.292. The molecule has 2 unspecified atom stereocenters. The highest BCUT2D eigenvalue weighted by molar-refractivity contribution is 5.90. The molecule has 20 heavy (non-hydrogen) atoms. The van der Waals surface area contributed by atoms with Crippen LogP contribution in [0.2, 0.25) is 0 Å². The monoisotopic (exact) mass is 280 g/mol. The molecule has 3 aliphatic heterocycles. The van der Waals surface area contributed by atoms with Gasteiger partial charge in [0.1, 0.15) is 6.04 Å². The summed E-state index contributed by atoms with van der Waals surface area (Å²) in [5, 5.41) is 0. The fourth-order valence-corrected chi connectivity index (χ4v) is 3.56. The van der Waals surface area contributed by atoms with Crippen LogP contribution in [-0.2, 0) is 14.3 Å². The van der Waals surface area contributed by atoms with Crippen molar-refractivity contribution in [2.75, 3.05) is 26.2 Å². The van der Waals surface area contributed by atoms with Crippen molar-refractivity contribution in [1.29, 1.82) is 0 Å². The molecule has 0 aromatic heterocycles. The first-order chi connectivity index (χ1) is 9.75. The van der Waals surface area contributed by atoms with Crippen molar-refractivity contribution in [2.45, 2.75) is 57.1 Å². The second-order valence-corrected chi connectivity index (χ2v) is 6.12. The van der Waals surface area contributed by atoms with Crippen LogP contribution in [-0.4, -0.2) is 60.0 Å². The normalized spacial score (nSPS) is 32.0. The molecule has 3 aliphatic rings. The van der Waals surface area contributed by atoms with Crippen LogP contribution in [0, 0.1) is 0 Å². The number of hydrogen-bond donors (Lipinski definition) is 0. The molecule has 112 valence electrons. The summed E-state index contributed by atoms with van der Waals surface area (Å²) in [4.78, 5) is 28.5. The Morgan fingerprint density at radius 1 is 1.05 bits per heavy atom. The minimum Gasteiger partial charge on any atom is -0.376 e. The smallest absolute Gasteiger partial charge is 0.245 e. The fourth-order valence-electron chi connectivity index (χ4n) is 3.56. The van der Waals surface area contributed by atoms with E-state index in [9.17, 15) is 9.59 Å². The third-order valence-corrected chi connectivity index (χ3v) is 4.71. The van der Waals surface area contributed by atoms with Crippen LogP contribution < -0.4 is 0 Å². The van der Waals surface area contributed by atoms with Gasteiger partial charge in [-0.3, -0.25) is 9.59 Å². The maximum atomic E-state index is 12.7. The Morgan fingerprint density at radius 3 is 2.70 bits per heavy atom. The molecule has 3 heterocycles. The van der Waals surface area contributed by atoms with Gasteiger partial charge in [-0.05, 0) is 38.5 Å². The molecular formula is C15H24N2O3. The molecule has 5 heteroatoms. The zero-order valence-corrected chi connectivity index (χ0v) is 12.1. The number of amides is 2. The molecule has 0 N–H and O–H groups in total. The van der Waals surface area contributed by atoms with Crippen LogP contribution in [0.25, 0.3) is 0 Å². The number of carbonyl (C=O) groups excluding carboxylic acids is 2. The molecule has 0 aliphatic carbocycles. The molecule has 5 nitrogen and oxygen atoms in total. The Hall–Kier alpha value is -1.10. The van der Waals surface area contributed by atoms with Gasteiger partial charge < -0.3 is 14.5 Å². The van der Waals surface area contributed by atoms with Crippen molar-refractivity contribution < 1.29 is 14.3 Å². The second kappa shape index (κ2) is 6.12. The van der Waals surface area contributed by atoms with Crippen molar-refractivity contribution in [3.8, 4) is 0 Å². The van der Waals surface area contributed by atoms with Gasteiger partial charge >= 0.3 is 0 Å².